The molecule has 1 aromatic heterocycles. The van der Waals surface area contributed by atoms with E-state index in [0.29, 0.717) is 42.0 Å². The average Bonchev–Trinajstić information content (AvgIpc) is 3.53. The predicted octanol–water partition coefficient (Wildman–Crippen LogP) is 5.94. The number of methoxy groups -OCH3 is 2. The quantitative estimate of drug-likeness (QED) is 0.298. The molecule has 5 rings (SSSR count). The minimum absolute atomic E-state index is 0.0763. The Hall–Kier alpha value is -4.87. The van der Waals surface area contributed by atoms with Gasteiger partial charge >= 0.3 is 12.1 Å². The Labute approximate surface area is 299 Å². The molecule has 2 aliphatic heterocycles. The molecule has 0 aliphatic carbocycles. The van der Waals surface area contributed by atoms with Crippen molar-refractivity contribution in [2.45, 2.75) is 108 Å². The number of nitrogens with zero attached hydrogens (tertiary/aromatic N) is 2. The van der Waals surface area contributed by atoms with Crippen LogP contribution in [0.2, 0.25) is 0 Å². The zero-order chi connectivity index (χ0) is 36.5. The van der Waals surface area contributed by atoms with E-state index in [9.17, 15) is 19.2 Å². The number of nitrogens with one attached hydrogen (secondary N) is 2. The second-order valence-electron chi connectivity index (χ2n) is 14.2. The first-order chi connectivity index (χ1) is 24.5. The summed E-state index contributed by atoms with van der Waals surface area (Å²) in [4.78, 5) is 60.5. The molecule has 0 bridgehead atoms. The summed E-state index contributed by atoms with van der Waals surface area (Å²) in [6, 6.07) is 14.4. The van der Waals surface area contributed by atoms with Crippen LogP contribution < -0.4 is 20.1 Å². The second kappa shape index (κ2) is 16.9. The van der Waals surface area contributed by atoms with Gasteiger partial charge in [0.2, 0.25) is 11.8 Å². The van der Waals surface area contributed by atoms with Crippen molar-refractivity contribution in [3.8, 4) is 22.8 Å². The molecule has 2 N–H and O–H groups in total. The maximum Gasteiger partial charge on any atom is 0.408 e. The van der Waals surface area contributed by atoms with Crippen LogP contribution in [0.4, 0.5) is 4.79 Å². The fourth-order valence-electron chi connectivity index (χ4n) is 6.68. The van der Waals surface area contributed by atoms with Crippen LogP contribution in [0.3, 0.4) is 0 Å². The van der Waals surface area contributed by atoms with Gasteiger partial charge in [-0.25, -0.2) is 14.6 Å². The van der Waals surface area contributed by atoms with Crippen molar-refractivity contribution in [1.82, 2.24) is 20.5 Å². The van der Waals surface area contributed by atoms with Crippen LogP contribution in [0.25, 0.3) is 22.2 Å². The number of rotatable bonds is 6. The molecular formula is C39H50N4O8. The topological polar surface area (TPSA) is 145 Å². The summed E-state index contributed by atoms with van der Waals surface area (Å²) in [6.45, 7) is 5.35. The van der Waals surface area contributed by atoms with E-state index in [-0.39, 0.29) is 13.0 Å². The summed E-state index contributed by atoms with van der Waals surface area (Å²) in [5.74, 6) is -0.245. The van der Waals surface area contributed by atoms with Crippen molar-refractivity contribution >= 4 is 34.8 Å². The first-order valence-corrected chi connectivity index (χ1v) is 17.8. The third-order valence-electron chi connectivity index (χ3n) is 9.22. The summed E-state index contributed by atoms with van der Waals surface area (Å²) in [7, 11) is 2.89. The fourth-order valence-corrected chi connectivity index (χ4v) is 6.68. The zero-order valence-electron chi connectivity index (χ0n) is 30.2. The van der Waals surface area contributed by atoms with Crippen LogP contribution >= 0.6 is 0 Å². The normalized spacial score (nSPS) is 22.2. The first-order valence-electron chi connectivity index (χ1n) is 17.8. The number of hydrogen-bond donors (Lipinski definition) is 2. The van der Waals surface area contributed by atoms with Crippen molar-refractivity contribution in [2.24, 2.45) is 0 Å². The van der Waals surface area contributed by atoms with Gasteiger partial charge in [-0.1, -0.05) is 68.9 Å². The summed E-state index contributed by atoms with van der Waals surface area (Å²) in [5, 5.41) is 6.40. The van der Waals surface area contributed by atoms with Crippen molar-refractivity contribution in [3.05, 3.63) is 54.6 Å². The molecule has 2 aromatic carbocycles. The average molecular weight is 703 g/mol. The number of carbonyl (C=O) groups excluding carboxylic acids is 4. The number of esters is 1. The molecule has 4 atom stereocenters. The van der Waals surface area contributed by atoms with Crippen LogP contribution in [0, 0.1) is 0 Å². The number of alkyl carbamates (subject to hydrolysis) is 1. The maximum atomic E-state index is 14.4. The van der Waals surface area contributed by atoms with Gasteiger partial charge in [-0.2, -0.15) is 0 Å². The minimum Gasteiger partial charge on any atom is -0.497 e. The molecule has 3 heterocycles. The van der Waals surface area contributed by atoms with Crippen molar-refractivity contribution in [1.29, 1.82) is 0 Å². The van der Waals surface area contributed by atoms with Crippen LogP contribution in [0.1, 0.15) is 78.6 Å². The van der Waals surface area contributed by atoms with Gasteiger partial charge in [0.15, 0.2) is 0 Å². The molecule has 51 heavy (non-hydrogen) atoms. The predicted molar refractivity (Wildman–Crippen MR) is 192 cm³/mol. The molecule has 2 fully saturated rings. The van der Waals surface area contributed by atoms with E-state index in [1.807, 2.05) is 54.6 Å². The van der Waals surface area contributed by atoms with Crippen molar-refractivity contribution in [2.75, 3.05) is 20.8 Å². The summed E-state index contributed by atoms with van der Waals surface area (Å²) in [5.41, 5.74) is 1.48. The molecule has 12 nitrogen and oxygen atoms in total. The largest absolute Gasteiger partial charge is 0.497 e. The van der Waals surface area contributed by atoms with Gasteiger partial charge < -0.3 is 34.5 Å². The van der Waals surface area contributed by atoms with Crippen molar-refractivity contribution in [3.63, 3.8) is 0 Å². The minimum atomic E-state index is -0.968. The van der Waals surface area contributed by atoms with E-state index < -0.39 is 53.7 Å². The van der Waals surface area contributed by atoms with Gasteiger partial charge in [-0.15, -0.1) is 0 Å². The van der Waals surface area contributed by atoms with Gasteiger partial charge in [0.1, 0.15) is 41.3 Å². The number of hydrogen-bond acceptors (Lipinski definition) is 9. The molecular weight excluding hydrogens is 652 g/mol. The highest BCUT2D eigenvalue weighted by molar-refractivity contribution is 5.94. The Morgan fingerprint density at radius 2 is 1.63 bits per heavy atom. The number of benzene rings is 2. The van der Waals surface area contributed by atoms with E-state index in [1.165, 1.54) is 12.0 Å². The van der Waals surface area contributed by atoms with Gasteiger partial charge in [0.05, 0.1) is 32.0 Å². The highest BCUT2D eigenvalue weighted by atomic mass is 16.6. The lowest BCUT2D eigenvalue weighted by molar-refractivity contribution is -0.146. The van der Waals surface area contributed by atoms with E-state index in [0.717, 1.165) is 43.1 Å². The number of aromatic nitrogens is 1. The number of pyridine rings is 1. The molecule has 0 radical (unpaired) electrons. The Bertz CT molecular complexity index is 1690. The van der Waals surface area contributed by atoms with Crippen LogP contribution in [0.15, 0.2) is 54.6 Å². The van der Waals surface area contributed by atoms with E-state index >= 15 is 0 Å². The maximum absolute atomic E-state index is 14.4. The van der Waals surface area contributed by atoms with Crippen LogP contribution in [-0.4, -0.2) is 84.4 Å². The Morgan fingerprint density at radius 1 is 0.922 bits per heavy atom. The number of ether oxygens (including phenoxy) is 4. The summed E-state index contributed by atoms with van der Waals surface area (Å²) in [6.07, 6.45) is 4.78. The standard InChI is InChI=1S/C39H50N4O8/c1-39(2,3)51-38(47)42-29-17-13-8-6-7-9-14-18-30(37(46)49-5)41-35(44)33-22-27(24-43(33)36(29)45)50-34-23-31(25-15-11-10-12-16-25)40-32-21-26(48-4)19-20-28(32)34/h10-12,15-16,19-21,23,27,29-30,33H,6-9,13-14,17-18,22,24H2,1-5H3,(H,41,44)(H,42,47)/t27-,29+,30-,33+/m1/s1. The third kappa shape index (κ3) is 9.89. The van der Waals surface area contributed by atoms with E-state index in [1.54, 1.807) is 27.9 Å². The Kier molecular flexibility index (Phi) is 12.4. The van der Waals surface area contributed by atoms with Crippen LogP contribution in [-0.2, 0) is 23.9 Å². The van der Waals surface area contributed by atoms with E-state index in [4.69, 9.17) is 23.9 Å². The molecule has 12 heteroatoms. The van der Waals surface area contributed by atoms with Crippen LogP contribution in [0.5, 0.6) is 11.5 Å². The fraction of sp³-hybridized carbons (Fsp3) is 0.513. The second-order valence-corrected chi connectivity index (χ2v) is 14.2. The molecule has 2 aliphatic rings. The molecule has 274 valence electrons. The lowest BCUT2D eigenvalue weighted by Gasteiger charge is -2.30. The third-order valence-corrected chi connectivity index (χ3v) is 9.22. The Balaban J connectivity index is 1.49. The van der Waals surface area contributed by atoms with Crippen molar-refractivity contribution < 1.29 is 38.1 Å². The lowest BCUT2D eigenvalue weighted by Crippen LogP contribution is -2.55. The molecule has 0 unspecified atom stereocenters. The van der Waals surface area contributed by atoms with E-state index in [2.05, 4.69) is 10.6 Å². The monoisotopic (exact) mass is 702 g/mol. The molecule has 0 saturated carbocycles. The first kappa shape index (κ1) is 37.4. The zero-order valence-corrected chi connectivity index (χ0v) is 30.2. The molecule has 3 aromatic rings. The number of amides is 3. The Morgan fingerprint density at radius 3 is 2.31 bits per heavy atom. The van der Waals surface area contributed by atoms with Gasteiger partial charge in [0, 0.05) is 29.5 Å². The number of carbonyl (C=O) groups is 4. The summed E-state index contributed by atoms with van der Waals surface area (Å²) >= 11 is 0. The van der Waals surface area contributed by atoms with Gasteiger partial charge in [-0.3, -0.25) is 9.59 Å². The highest BCUT2D eigenvalue weighted by Gasteiger charge is 2.44. The van der Waals surface area contributed by atoms with Gasteiger partial charge in [0.25, 0.3) is 0 Å². The SMILES string of the molecule is COC(=O)[C@H]1CCCCCCCC[C@H](NC(=O)OC(C)(C)C)C(=O)N2C[C@H](Oc3cc(-c4ccccc4)nc4cc(OC)ccc34)C[C@H]2C(=O)N1. The molecule has 3 amide bonds. The summed E-state index contributed by atoms with van der Waals surface area (Å²) < 4.78 is 22.7. The number of fused-ring (bicyclic) bond motifs is 2. The smallest absolute Gasteiger partial charge is 0.408 e. The lowest BCUT2D eigenvalue weighted by atomic mass is 10.0. The highest BCUT2D eigenvalue weighted by Crippen LogP contribution is 2.35. The van der Waals surface area contributed by atoms with Gasteiger partial charge in [-0.05, 0) is 45.7 Å². The molecule has 0 spiro atoms. The molecule has 2 saturated heterocycles.